The number of phenolic OH excluding ortho intramolecular Hbond substituents is 1. The number of nitrogens with one attached hydrogen (secondary N) is 1. The lowest BCUT2D eigenvalue weighted by molar-refractivity contribution is -0.139. The number of carbonyl (C=O) groups excluding carboxylic acids is 4. The average molecular weight is 810 g/mol. The lowest BCUT2D eigenvalue weighted by Crippen LogP contribution is -2.53. The van der Waals surface area contributed by atoms with Gasteiger partial charge in [0.25, 0.3) is 11.8 Å². The van der Waals surface area contributed by atoms with E-state index < -0.39 is 98.7 Å². The zero-order valence-electron chi connectivity index (χ0n) is 28.4. The highest BCUT2D eigenvalue weighted by Crippen LogP contribution is 2.65. The summed E-state index contributed by atoms with van der Waals surface area (Å²) in [5.41, 5.74) is -0.404. The number of hydrogen-bond acceptors (Lipinski definition) is 8. The molecule has 3 N–H and O–H groups in total. The Bertz CT molecular complexity index is 2430. The molecular formula is C39H26Cl2F4N4O7. The van der Waals surface area contributed by atoms with Gasteiger partial charge < -0.3 is 10.2 Å². The van der Waals surface area contributed by atoms with Crippen LogP contribution in [0.4, 0.5) is 29.1 Å². The van der Waals surface area contributed by atoms with Gasteiger partial charge in [0, 0.05) is 22.7 Å². The maximum atomic E-state index is 15.3. The van der Waals surface area contributed by atoms with Crippen LogP contribution >= 0.6 is 23.2 Å². The summed E-state index contributed by atoms with van der Waals surface area (Å²) >= 11 is 12.5. The van der Waals surface area contributed by atoms with Crippen LogP contribution in [0.25, 0.3) is 0 Å². The van der Waals surface area contributed by atoms with Crippen LogP contribution in [0.1, 0.15) is 45.8 Å². The summed E-state index contributed by atoms with van der Waals surface area (Å²) in [6.07, 6.45) is -2.97. The minimum atomic E-state index is -4.81. The highest BCUT2D eigenvalue weighted by molar-refractivity contribution is 6.33. The van der Waals surface area contributed by atoms with E-state index in [9.17, 15) is 42.6 Å². The van der Waals surface area contributed by atoms with Gasteiger partial charge in [-0.2, -0.15) is 18.2 Å². The number of benzene rings is 3. The number of anilines is 2. The van der Waals surface area contributed by atoms with Gasteiger partial charge in [0.2, 0.25) is 11.8 Å². The number of para-hydroxylation sites is 1. The van der Waals surface area contributed by atoms with Gasteiger partial charge in [0.15, 0.2) is 17.4 Å². The number of alkyl halides is 3. The number of aromatic hydroxyl groups is 1. The molecule has 6 atom stereocenters. The van der Waals surface area contributed by atoms with Gasteiger partial charge in [-0.25, -0.2) is 14.2 Å². The summed E-state index contributed by atoms with van der Waals surface area (Å²) in [5.74, 6) is -12.6. The molecule has 0 spiro atoms. The fraction of sp³-hybridized carbons (Fsp3) is 0.231. The van der Waals surface area contributed by atoms with Gasteiger partial charge in [0.05, 0.1) is 45.0 Å². The molecule has 1 saturated carbocycles. The Balaban J connectivity index is 1.31. The van der Waals surface area contributed by atoms with Gasteiger partial charge in [0.1, 0.15) is 0 Å². The number of halogens is 6. The smallest absolute Gasteiger partial charge is 0.417 e. The van der Waals surface area contributed by atoms with Crippen molar-refractivity contribution in [3.8, 4) is 5.75 Å². The first-order valence-electron chi connectivity index (χ1n) is 17.1. The monoisotopic (exact) mass is 808 g/mol. The second-order valence-corrected chi connectivity index (χ2v) is 14.8. The van der Waals surface area contributed by atoms with Gasteiger partial charge in [-0.1, -0.05) is 65.2 Å². The van der Waals surface area contributed by atoms with Crippen molar-refractivity contribution < 1.29 is 51.7 Å². The molecule has 2 saturated heterocycles. The zero-order chi connectivity index (χ0) is 40.0. The number of fused-ring (bicyclic) bond motifs is 4. The molecule has 11 nitrogen and oxygen atoms in total. The topological polar surface area (TPSA) is 157 Å². The predicted octanol–water partition coefficient (Wildman–Crippen LogP) is 7.14. The second-order valence-electron chi connectivity index (χ2n) is 14.0. The van der Waals surface area contributed by atoms with Crippen molar-refractivity contribution >= 4 is 64.3 Å². The van der Waals surface area contributed by atoms with Gasteiger partial charge in [-0.05, 0) is 66.8 Å². The van der Waals surface area contributed by atoms with E-state index in [1.165, 1.54) is 60.7 Å². The lowest BCUT2D eigenvalue weighted by atomic mass is 9.49. The fourth-order valence-corrected chi connectivity index (χ4v) is 9.26. The molecule has 17 heteroatoms. The predicted molar refractivity (Wildman–Crippen MR) is 191 cm³/mol. The average Bonchev–Trinajstić information content (AvgIpc) is 3.54. The SMILES string of the molecule is O=C(O)c1cccc(N2C(=O)[C@H]3[C@H](CC=C4[C@H]3C[C@H]3C(=O)N(Nc5ncc(C(F)(F)F)cc5Cl)C(=O)[C@@]3(c3ccc(Cl)cc3)[C@H]4c3cccc(F)c3O)C2=O)c1. The van der Waals surface area contributed by atoms with E-state index in [-0.39, 0.29) is 40.2 Å². The number of carboxylic acid groups (broad SMARTS) is 1. The van der Waals surface area contributed by atoms with Crippen LogP contribution in [0.3, 0.4) is 0 Å². The quantitative estimate of drug-likeness (QED) is 0.105. The summed E-state index contributed by atoms with van der Waals surface area (Å²) in [6.45, 7) is 0. The molecule has 0 radical (unpaired) electrons. The van der Waals surface area contributed by atoms with Crippen LogP contribution in [0.5, 0.6) is 5.75 Å². The summed E-state index contributed by atoms with van der Waals surface area (Å²) in [6, 6.07) is 15.4. The summed E-state index contributed by atoms with van der Waals surface area (Å²) in [5, 5.41) is 21.2. The number of aromatic carboxylic acids is 1. The van der Waals surface area contributed by atoms with Crippen molar-refractivity contribution in [1.82, 2.24) is 9.99 Å². The minimum absolute atomic E-state index is 0.0184. The summed E-state index contributed by atoms with van der Waals surface area (Å²) in [4.78, 5) is 74.8. The first-order valence-corrected chi connectivity index (χ1v) is 17.8. The zero-order valence-corrected chi connectivity index (χ0v) is 29.9. The molecular weight excluding hydrogens is 783 g/mol. The number of carboxylic acids is 1. The largest absolute Gasteiger partial charge is 0.505 e. The van der Waals surface area contributed by atoms with Gasteiger partial charge >= 0.3 is 12.1 Å². The van der Waals surface area contributed by atoms with Crippen molar-refractivity contribution in [2.45, 2.75) is 30.4 Å². The Morgan fingerprint density at radius 3 is 2.32 bits per heavy atom. The molecule has 4 aromatic rings. The molecule has 4 aliphatic rings. The molecule has 1 aromatic heterocycles. The maximum absolute atomic E-state index is 15.3. The number of rotatable bonds is 6. The highest BCUT2D eigenvalue weighted by Gasteiger charge is 2.71. The highest BCUT2D eigenvalue weighted by atomic mass is 35.5. The number of hydrogen-bond donors (Lipinski definition) is 3. The third kappa shape index (κ3) is 5.46. The molecule has 0 bridgehead atoms. The van der Waals surface area contributed by atoms with Crippen molar-refractivity contribution in [3.63, 3.8) is 0 Å². The Kier molecular flexibility index (Phi) is 8.73. The van der Waals surface area contributed by atoms with E-state index in [0.717, 1.165) is 11.0 Å². The van der Waals surface area contributed by atoms with Crippen LogP contribution in [-0.4, -0.2) is 49.8 Å². The number of pyridine rings is 1. The third-order valence-corrected chi connectivity index (χ3v) is 11.8. The molecule has 3 fully saturated rings. The lowest BCUT2D eigenvalue weighted by Gasteiger charge is -2.50. The minimum Gasteiger partial charge on any atom is -0.505 e. The summed E-state index contributed by atoms with van der Waals surface area (Å²) < 4.78 is 55.7. The Hall–Kier alpha value is -5.80. The van der Waals surface area contributed by atoms with Gasteiger partial charge in [-0.3, -0.25) is 29.5 Å². The molecule has 2 aliphatic heterocycles. The number of allylic oxidation sites excluding steroid dienone is 2. The van der Waals surface area contributed by atoms with E-state index in [4.69, 9.17) is 23.2 Å². The van der Waals surface area contributed by atoms with E-state index in [0.29, 0.717) is 22.8 Å². The van der Waals surface area contributed by atoms with Crippen molar-refractivity contribution in [2.75, 3.05) is 10.3 Å². The van der Waals surface area contributed by atoms with Crippen LogP contribution < -0.4 is 10.3 Å². The summed E-state index contributed by atoms with van der Waals surface area (Å²) in [7, 11) is 0. The number of phenols is 1. The molecule has 3 heterocycles. The Morgan fingerprint density at radius 2 is 1.64 bits per heavy atom. The Morgan fingerprint density at radius 1 is 0.929 bits per heavy atom. The van der Waals surface area contributed by atoms with Crippen molar-refractivity contribution in [1.29, 1.82) is 0 Å². The number of imide groups is 2. The van der Waals surface area contributed by atoms with E-state index in [2.05, 4.69) is 10.4 Å². The van der Waals surface area contributed by atoms with Crippen LogP contribution in [0.2, 0.25) is 10.0 Å². The van der Waals surface area contributed by atoms with Crippen LogP contribution in [0.15, 0.2) is 90.6 Å². The number of carbonyl (C=O) groups is 5. The molecule has 8 rings (SSSR count). The molecule has 286 valence electrons. The van der Waals surface area contributed by atoms with E-state index >= 15 is 9.18 Å². The van der Waals surface area contributed by atoms with Crippen molar-refractivity contribution in [3.05, 3.63) is 129 Å². The number of nitrogens with zero attached hydrogens (tertiary/aromatic N) is 3. The standard InChI is InChI=1S/C39H26Cl2F4N4O7/c40-20-9-7-18(8-10-20)38-26(34(52)49(37(38)56)47-32-27(41)14-19(16-46-32)39(43,44)45)15-25-22(30(38)24-5-2-6-28(42)31(24)50)11-12-23-29(25)35(53)48(33(23)51)21-4-1-3-17(13-21)36(54)55/h1-11,13-14,16,23,25-26,29-30,50H,12,15H2,(H,46,47)(H,54,55)/t23-,25+,26-,29-,30+,38+/m0/s1. The first-order chi connectivity index (χ1) is 26.5. The molecule has 4 amide bonds. The molecule has 0 unspecified atom stereocenters. The van der Waals surface area contributed by atoms with Crippen LogP contribution in [0, 0.1) is 29.5 Å². The number of aromatic nitrogens is 1. The molecule has 2 aliphatic carbocycles. The van der Waals surface area contributed by atoms with Crippen LogP contribution in [-0.2, 0) is 30.8 Å². The van der Waals surface area contributed by atoms with E-state index in [1.54, 1.807) is 6.08 Å². The first kappa shape index (κ1) is 37.1. The number of amides is 4. The molecule has 3 aromatic carbocycles. The normalized spacial score (nSPS) is 25.8. The second kappa shape index (κ2) is 13.2. The third-order valence-electron chi connectivity index (χ3n) is 11.2. The Labute approximate surface area is 324 Å². The van der Waals surface area contributed by atoms with Crippen molar-refractivity contribution in [2.24, 2.45) is 23.7 Å². The molecule has 56 heavy (non-hydrogen) atoms. The van der Waals surface area contributed by atoms with Gasteiger partial charge in [-0.15, -0.1) is 0 Å². The fourth-order valence-electron chi connectivity index (χ4n) is 8.92. The maximum Gasteiger partial charge on any atom is 0.417 e. The van der Waals surface area contributed by atoms with E-state index in [1.807, 2.05) is 0 Å². The number of hydrazine groups is 1.